The molecule has 0 heterocycles. The number of carboxylic acid groups (broad SMARTS) is 1. The van der Waals surface area contributed by atoms with Gasteiger partial charge >= 0.3 is 5.97 Å². The highest BCUT2D eigenvalue weighted by molar-refractivity contribution is 14.1. The summed E-state index contributed by atoms with van der Waals surface area (Å²) in [5, 5.41) is 13.7. The van der Waals surface area contributed by atoms with Gasteiger partial charge in [-0.2, -0.15) is 0 Å². The lowest BCUT2D eigenvalue weighted by Crippen LogP contribution is -2.54. The van der Waals surface area contributed by atoms with E-state index in [1.54, 1.807) is 26.0 Å². The highest BCUT2D eigenvalue weighted by atomic mass is 127. The van der Waals surface area contributed by atoms with Crippen LogP contribution in [0.4, 0.5) is 4.39 Å². The minimum absolute atomic E-state index is 0.0432. The van der Waals surface area contributed by atoms with E-state index in [0.29, 0.717) is 11.3 Å². The fraction of sp³-hybridized carbons (Fsp3) is 0.474. The molecule has 0 aliphatic heterocycles. The first kappa shape index (κ1) is 24.8. The number of aliphatic carboxylic acids is 1. The summed E-state index contributed by atoms with van der Waals surface area (Å²) in [5.41, 5.74) is 0.635. The van der Waals surface area contributed by atoms with Crippen LogP contribution in [0.3, 0.4) is 0 Å². The molecule has 160 valence electrons. The molecule has 0 bridgehead atoms. The van der Waals surface area contributed by atoms with E-state index in [-0.39, 0.29) is 12.3 Å². The van der Waals surface area contributed by atoms with Crippen molar-refractivity contribution in [3.8, 4) is 5.75 Å². The van der Waals surface area contributed by atoms with E-state index in [9.17, 15) is 23.6 Å². The van der Waals surface area contributed by atoms with Crippen molar-refractivity contribution in [1.29, 1.82) is 0 Å². The van der Waals surface area contributed by atoms with Gasteiger partial charge in [0.05, 0.1) is 20.0 Å². The Hall–Kier alpha value is -2.24. The van der Waals surface area contributed by atoms with Crippen molar-refractivity contribution in [3.63, 3.8) is 0 Å². The average Bonchev–Trinajstić information content (AvgIpc) is 2.64. The predicted molar refractivity (Wildman–Crippen MR) is 111 cm³/mol. The van der Waals surface area contributed by atoms with Gasteiger partial charge < -0.3 is 20.5 Å². The maximum Gasteiger partial charge on any atom is 0.305 e. The quantitative estimate of drug-likeness (QED) is 0.379. The number of ether oxygens (including phenoxy) is 1. The van der Waals surface area contributed by atoms with E-state index >= 15 is 0 Å². The SMILES string of the molecule is COc1ccc(I)cc1CC(=O)N[C@H](C(=O)NC(CC(=O)O)C(=O)CF)C(C)C. The summed E-state index contributed by atoms with van der Waals surface area (Å²) >= 11 is 2.10. The standard InChI is InChI=1S/C19H24FIN2O6/c1-10(2)18(19(28)22-13(8-17(26)27)14(24)9-20)23-16(25)7-11-6-12(21)4-5-15(11)29-3/h4-6,10,13,18H,7-9H2,1-3H3,(H,22,28)(H,23,25)(H,26,27)/t13?,18-/m0/s1. The fourth-order valence-electron chi connectivity index (χ4n) is 2.59. The van der Waals surface area contributed by atoms with Crippen LogP contribution in [0.5, 0.6) is 5.75 Å². The molecule has 0 aliphatic carbocycles. The molecule has 1 rings (SSSR count). The van der Waals surface area contributed by atoms with Crippen molar-refractivity contribution in [3.05, 3.63) is 27.3 Å². The smallest absolute Gasteiger partial charge is 0.305 e. The number of hydrogen-bond donors (Lipinski definition) is 3. The first-order valence-corrected chi connectivity index (χ1v) is 9.89. The molecule has 2 amide bonds. The molecule has 0 aliphatic rings. The molecule has 29 heavy (non-hydrogen) atoms. The number of hydrogen-bond acceptors (Lipinski definition) is 5. The zero-order valence-electron chi connectivity index (χ0n) is 16.3. The number of benzene rings is 1. The van der Waals surface area contributed by atoms with Crippen molar-refractivity contribution < 1.29 is 33.4 Å². The second-order valence-corrected chi connectivity index (χ2v) is 7.93. The van der Waals surface area contributed by atoms with Crippen LogP contribution in [0.15, 0.2) is 18.2 Å². The van der Waals surface area contributed by atoms with Crippen LogP contribution in [0.2, 0.25) is 0 Å². The summed E-state index contributed by atoms with van der Waals surface area (Å²) < 4.78 is 18.8. The molecular formula is C19H24FIN2O6. The number of carboxylic acids is 1. The Morgan fingerprint density at radius 3 is 2.38 bits per heavy atom. The van der Waals surface area contributed by atoms with Gasteiger partial charge in [-0.05, 0) is 46.7 Å². The molecule has 2 atom stereocenters. The second-order valence-electron chi connectivity index (χ2n) is 6.68. The number of carbonyl (C=O) groups is 4. The van der Waals surface area contributed by atoms with Gasteiger partial charge in [0.1, 0.15) is 24.5 Å². The number of methoxy groups -OCH3 is 1. The number of carbonyl (C=O) groups excluding carboxylic acids is 3. The molecule has 0 spiro atoms. The normalized spacial score (nSPS) is 12.8. The summed E-state index contributed by atoms with van der Waals surface area (Å²) in [7, 11) is 1.48. The zero-order chi connectivity index (χ0) is 22.1. The lowest BCUT2D eigenvalue weighted by molar-refractivity contribution is -0.140. The van der Waals surface area contributed by atoms with E-state index in [1.807, 2.05) is 6.07 Å². The highest BCUT2D eigenvalue weighted by Crippen LogP contribution is 2.21. The molecule has 1 aromatic carbocycles. The molecule has 1 aromatic rings. The molecule has 10 heteroatoms. The lowest BCUT2D eigenvalue weighted by atomic mass is 10.0. The average molecular weight is 522 g/mol. The highest BCUT2D eigenvalue weighted by Gasteiger charge is 2.30. The predicted octanol–water partition coefficient (Wildman–Crippen LogP) is 1.48. The van der Waals surface area contributed by atoms with Gasteiger partial charge in [-0.25, -0.2) is 4.39 Å². The van der Waals surface area contributed by atoms with Crippen LogP contribution in [-0.2, 0) is 25.6 Å². The summed E-state index contributed by atoms with van der Waals surface area (Å²) in [6.07, 6.45) is -0.786. The third-order valence-electron chi connectivity index (χ3n) is 4.07. The van der Waals surface area contributed by atoms with Crippen LogP contribution in [0.1, 0.15) is 25.8 Å². The number of amides is 2. The van der Waals surface area contributed by atoms with Gasteiger partial charge in [-0.1, -0.05) is 13.8 Å². The first-order valence-electron chi connectivity index (χ1n) is 8.81. The molecule has 8 nitrogen and oxygen atoms in total. The van der Waals surface area contributed by atoms with Crippen molar-refractivity contribution >= 4 is 46.2 Å². The molecule has 0 aromatic heterocycles. The Balaban J connectivity index is 2.90. The van der Waals surface area contributed by atoms with E-state index in [4.69, 9.17) is 9.84 Å². The van der Waals surface area contributed by atoms with Gasteiger partial charge in [0, 0.05) is 9.13 Å². The number of ketones is 1. The van der Waals surface area contributed by atoms with Gasteiger partial charge in [-0.15, -0.1) is 0 Å². The largest absolute Gasteiger partial charge is 0.496 e. The topological polar surface area (TPSA) is 122 Å². The molecule has 0 saturated heterocycles. The maximum absolute atomic E-state index is 12.7. The Bertz CT molecular complexity index is 771. The monoisotopic (exact) mass is 522 g/mol. The molecular weight excluding hydrogens is 498 g/mol. The lowest BCUT2D eigenvalue weighted by Gasteiger charge is -2.24. The molecule has 0 saturated carbocycles. The van der Waals surface area contributed by atoms with E-state index in [2.05, 4.69) is 33.2 Å². The third-order valence-corrected chi connectivity index (χ3v) is 4.75. The van der Waals surface area contributed by atoms with Gasteiger partial charge in [0.25, 0.3) is 0 Å². The van der Waals surface area contributed by atoms with Crippen molar-refractivity contribution in [2.45, 2.75) is 38.8 Å². The Labute approximate surface area is 181 Å². The summed E-state index contributed by atoms with van der Waals surface area (Å²) in [5.74, 6) is -3.43. The molecule has 0 fully saturated rings. The second kappa shape index (κ2) is 11.7. The molecule has 0 radical (unpaired) electrons. The number of rotatable bonds is 11. The van der Waals surface area contributed by atoms with Gasteiger partial charge in [0.2, 0.25) is 11.8 Å². The summed E-state index contributed by atoms with van der Waals surface area (Å²) in [6.45, 7) is 1.96. The Kier molecular flexibility index (Phi) is 9.99. The van der Waals surface area contributed by atoms with E-state index < -0.39 is 48.7 Å². The van der Waals surface area contributed by atoms with E-state index in [0.717, 1.165) is 3.57 Å². The maximum atomic E-state index is 12.7. The third kappa shape index (κ3) is 7.95. The van der Waals surface area contributed by atoms with Crippen LogP contribution < -0.4 is 15.4 Å². The van der Waals surface area contributed by atoms with Crippen LogP contribution in [0, 0.1) is 9.49 Å². The van der Waals surface area contributed by atoms with Crippen molar-refractivity contribution in [2.75, 3.05) is 13.8 Å². The zero-order valence-corrected chi connectivity index (χ0v) is 18.5. The summed E-state index contributed by atoms with van der Waals surface area (Å²) in [4.78, 5) is 47.5. The van der Waals surface area contributed by atoms with Crippen LogP contribution >= 0.6 is 22.6 Å². The minimum atomic E-state index is -1.50. The number of halogens is 2. The van der Waals surface area contributed by atoms with Gasteiger partial charge in [-0.3, -0.25) is 19.2 Å². The fourth-order valence-corrected chi connectivity index (χ4v) is 3.15. The van der Waals surface area contributed by atoms with Crippen LogP contribution in [-0.4, -0.2) is 54.5 Å². The number of Topliss-reactive ketones (excluding diaryl/α,β-unsaturated/α-hetero) is 1. The number of nitrogens with one attached hydrogen (secondary N) is 2. The Morgan fingerprint density at radius 1 is 1.21 bits per heavy atom. The van der Waals surface area contributed by atoms with Crippen LogP contribution in [0.25, 0.3) is 0 Å². The number of alkyl halides is 1. The molecule has 1 unspecified atom stereocenters. The summed E-state index contributed by atoms with van der Waals surface area (Å²) in [6, 6.07) is 2.82. The minimum Gasteiger partial charge on any atom is -0.496 e. The Morgan fingerprint density at radius 2 is 1.86 bits per heavy atom. The van der Waals surface area contributed by atoms with Crippen molar-refractivity contribution in [1.82, 2.24) is 10.6 Å². The molecule has 3 N–H and O–H groups in total. The van der Waals surface area contributed by atoms with Gasteiger partial charge in [0.15, 0.2) is 5.78 Å². The van der Waals surface area contributed by atoms with E-state index in [1.165, 1.54) is 7.11 Å². The first-order chi connectivity index (χ1) is 13.6. The van der Waals surface area contributed by atoms with Crippen molar-refractivity contribution in [2.24, 2.45) is 5.92 Å².